The van der Waals surface area contributed by atoms with E-state index in [1.165, 1.54) is 24.6 Å². The first-order valence-corrected chi connectivity index (χ1v) is 10.4. The van der Waals surface area contributed by atoms with Gasteiger partial charge in [-0.3, -0.25) is 4.79 Å². The van der Waals surface area contributed by atoms with Crippen LogP contribution in [0.5, 0.6) is 0 Å². The third-order valence-corrected chi connectivity index (χ3v) is 6.12. The van der Waals surface area contributed by atoms with Crippen LogP contribution in [0, 0.1) is 0 Å². The number of halogens is 1. The summed E-state index contributed by atoms with van der Waals surface area (Å²) in [4.78, 5) is 18.2. The Morgan fingerprint density at radius 2 is 2.04 bits per heavy atom. The van der Waals surface area contributed by atoms with Crippen LogP contribution in [0.4, 0.5) is 11.4 Å². The van der Waals surface area contributed by atoms with Crippen LogP contribution in [0.3, 0.4) is 0 Å². The zero-order chi connectivity index (χ0) is 18.8. The summed E-state index contributed by atoms with van der Waals surface area (Å²) in [7, 11) is 2.00. The molecular weight excluding hydrogens is 380 g/mol. The summed E-state index contributed by atoms with van der Waals surface area (Å²) in [6.45, 7) is 2.04. The SMILES string of the molecule is C[n+]1c(SCC(=O)Nc2cc(Cl)ccc2N2CCCC2)[nH]c2ccccc21. The average molecular weight is 402 g/mol. The molecule has 5 nitrogen and oxygen atoms in total. The molecule has 0 unspecified atom stereocenters. The number of aromatic nitrogens is 2. The normalized spacial score (nSPS) is 14.1. The lowest BCUT2D eigenvalue weighted by atomic mass is 10.2. The summed E-state index contributed by atoms with van der Waals surface area (Å²) < 4.78 is 2.07. The van der Waals surface area contributed by atoms with E-state index in [1.807, 2.05) is 43.4 Å². The van der Waals surface area contributed by atoms with Crippen LogP contribution in [0.15, 0.2) is 47.6 Å². The van der Waals surface area contributed by atoms with Crippen LogP contribution in [0.2, 0.25) is 5.02 Å². The van der Waals surface area contributed by atoms with Gasteiger partial charge in [0.15, 0.2) is 11.0 Å². The summed E-state index contributed by atoms with van der Waals surface area (Å²) in [5.74, 6) is 0.286. The third kappa shape index (κ3) is 3.92. The maximum Gasteiger partial charge on any atom is 0.317 e. The van der Waals surface area contributed by atoms with Gasteiger partial charge in [-0.25, -0.2) is 9.55 Å². The lowest BCUT2D eigenvalue weighted by molar-refractivity contribution is -0.683. The van der Waals surface area contributed by atoms with Gasteiger partial charge >= 0.3 is 5.16 Å². The van der Waals surface area contributed by atoms with Crippen LogP contribution >= 0.6 is 23.4 Å². The van der Waals surface area contributed by atoms with Crippen molar-refractivity contribution >= 4 is 51.7 Å². The predicted molar refractivity (Wildman–Crippen MR) is 112 cm³/mol. The predicted octanol–water partition coefficient (Wildman–Crippen LogP) is 3.98. The van der Waals surface area contributed by atoms with Gasteiger partial charge in [0.2, 0.25) is 5.91 Å². The Morgan fingerprint density at radius 1 is 1.26 bits per heavy atom. The minimum atomic E-state index is -0.0404. The zero-order valence-corrected chi connectivity index (χ0v) is 16.7. The van der Waals surface area contributed by atoms with E-state index in [2.05, 4.69) is 25.8 Å². The largest absolute Gasteiger partial charge is 0.370 e. The number of benzene rings is 2. The number of H-pyrrole nitrogens is 1. The minimum absolute atomic E-state index is 0.0404. The Bertz CT molecular complexity index is 981. The van der Waals surface area contributed by atoms with Crippen molar-refractivity contribution in [2.75, 3.05) is 29.1 Å². The standard InChI is InChI=1S/C20H21ClN4OS/c1-24-17-7-3-2-6-15(17)23-20(24)27-13-19(26)22-16-12-14(21)8-9-18(16)25-10-4-5-11-25/h2-3,6-9,12H,4-5,10-11,13H2,1H3,(H,22,26)/p+1. The molecule has 1 amide bonds. The number of carbonyl (C=O) groups excluding carboxylic acids is 1. The molecule has 2 N–H and O–H groups in total. The van der Waals surface area contributed by atoms with Gasteiger partial charge in [0, 0.05) is 18.1 Å². The number of fused-ring (bicyclic) bond motifs is 1. The number of aromatic amines is 1. The van der Waals surface area contributed by atoms with Gasteiger partial charge < -0.3 is 10.2 Å². The first-order chi connectivity index (χ1) is 13.1. The molecule has 1 fully saturated rings. The van der Waals surface area contributed by atoms with Crippen molar-refractivity contribution in [3.8, 4) is 0 Å². The third-order valence-electron chi connectivity index (χ3n) is 4.83. The van der Waals surface area contributed by atoms with Crippen molar-refractivity contribution in [1.29, 1.82) is 0 Å². The fraction of sp³-hybridized carbons (Fsp3) is 0.300. The lowest BCUT2D eigenvalue weighted by Gasteiger charge is -2.21. The number of nitrogens with one attached hydrogen (secondary N) is 2. The molecule has 2 aromatic carbocycles. The van der Waals surface area contributed by atoms with Crippen LogP contribution in [-0.2, 0) is 11.8 Å². The van der Waals surface area contributed by atoms with E-state index >= 15 is 0 Å². The maximum atomic E-state index is 12.6. The molecule has 0 aliphatic carbocycles. The molecule has 0 spiro atoms. The Hall–Kier alpha value is -2.18. The van der Waals surface area contributed by atoms with Gasteiger partial charge in [-0.05, 0) is 54.9 Å². The highest BCUT2D eigenvalue weighted by molar-refractivity contribution is 7.99. The summed E-state index contributed by atoms with van der Waals surface area (Å²) in [5, 5.41) is 4.63. The Kier molecular flexibility index (Phi) is 5.27. The van der Waals surface area contributed by atoms with Gasteiger partial charge in [-0.15, -0.1) is 0 Å². The van der Waals surface area contributed by atoms with E-state index in [-0.39, 0.29) is 5.91 Å². The second-order valence-electron chi connectivity index (χ2n) is 6.70. The van der Waals surface area contributed by atoms with E-state index in [9.17, 15) is 4.79 Å². The lowest BCUT2D eigenvalue weighted by Crippen LogP contribution is -2.29. The monoisotopic (exact) mass is 401 g/mol. The van der Waals surface area contributed by atoms with Crippen molar-refractivity contribution < 1.29 is 9.36 Å². The maximum absolute atomic E-state index is 12.6. The quantitative estimate of drug-likeness (QED) is 0.502. The van der Waals surface area contributed by atoms with Gasteiger partial charge in [0.25, 0.3) is 0 Å². The van der Waals surface area contributed by atoms with Crippen molar-refractivity contribution in [3.05, 3.63) is 47.5 Å². The molecule has 27 heavy (non-hydrogen) atoms. The van der Waals surface area contributed by atoms with E-state index in [0.29, 0.717) is 10.8 Å². The highest BCUT2D eigenvalue weighted by Gasteiger charge is 2.19. The van der Waals surface area contributed by atoms with Crippen LogP contribution in [0.1, 0.15) is 12.8 Å². The van der Waals surface area contributed by atoms with E-state index in [0.717, 1.165) is 40.7 Å². The van der Waals surface area contributed by atoms with Crippen LogP contribution < -0.4 is 14.8 Å². The van der Waals surface area contributed by atoms with E-state index < -0.39 is 0 Å². The second kappa shape index (κ2) is 7.82. The van der Waals surface area contributed by atoms with Crippen molar-refractivity contribution in [3.63, 3.8) is 0 Å². The highest BCUT2D eigenvalue weighted by Crippen LogP contribution is 2.31. The molecule has 2 heterocycles. The molecule has 7 heteroatoms. The molecule has 0 bridgehead atoms. The number of imidazole rings is 1. The van der Waals surface area contributed by atoms with E-state index in [1.54, 1.807) is 0 Å². The van der Waals surface area contributed by atoms with Gasteiger partial charge in [-0.1, -0.05) is 23.7 Å². The minimum Gasteiger partial charge on any atom is -0.370 e. The summed E-state index contributed by atoms with van der Waals surface area (Å²) >= 11 is 7.65. The molecule has 0 radical (unpaired) electrons. The Labute approximate surface area is 167 Å². The first kappa shape index (κ1) is 18.2. The molecule has 1 saturated heterocycles. The zero-order valence-electron chi connectivity index (χ0n) is 15.2. The number of hydrogen-bond donors (Lipinski definition) is 2. The van der Waals surface area contributed by atoms with Crippen molar-refractivity contribution in [2.24, 2.45) is 7.05 Å². The number of anilines is 2. The summed E-state index contributed by atoms with van der Waals surface area (Å²) in [6.07, 6.45) is 2.37. The summed E-state index contributed by atoms with van der Waals surface area (Å²) in [6, 6.07) is 13.8. The fourth-order valence-corrected chi connectivity index (χ4v) is 4.46. The van der Waals surface area contributed by atoms with Gasteiger partial charge in [0.1, 0.15) is 0 Å². The van der Waals surface area contributed by atoms with Gasteiger partial charge in [0.05, 0.1) is 24.2 Å². The second-order valence-corrected chi connectivity index (χ2v) is 8.10. The molecule has 1 aromatic heterocycles. The number of para-hydroxylation sites is 2. The average Bonchev–Trinajstić information content (AvgIpc) is 3.29. The molecule has 0 saturated carbocycles. The van der Waals surface area contributed by atoms with Gasteiger partial charge in [-0.2, -0.15) is 0 Å². The molecule has 1 aliphatic heterocycles. The van der Waals surface area contributed by atoms with Crippen LogP contribution in [-0.4, -0.2) is 29.7 Å². The topological polar surface area (TPSA) is 52.0 Å². The molecular formula is C20H22ClN4OS+. The van der Waals surface area contributed by atoms with Crippen LogP contribution in [0.25, 0.3) is 11.0 Å². The van der Waals surface area contributed by atoms with Crippen molar-refractivity contribution in [2.45, 2.75) is 18.0 Å². The smallest absolute Gasteiger partial charge is 0.317 e. The number of hydrogen-bond acceptors (Lipinski definition) is 3. The molecule has 0 atom stereocenters. The van der Waals surface area contributed by atoms with Crippen molar-refractivity contribution in [1.82, 2.24) is 4.98 Å². The molecule has 4 rings (SSSR count). The number of amides is 1. The number of thioether (sulfide) groups is 1. The molecule has 1 aliphatic rings. The first-order valence-electron chi connectivity index (χ1n) is 9.06. The molecule has 140 valence electrons. The number of nitrogens with zero attached hydrogens (tertiary/aromatic N) is 2. The number of carbonyl (C=O) groups is 1. The number of rotatable bonds is 5. The Balaban J connectivity index is 1.46. The number of aryl methyl sites for hydroxylation is 1. The summed E-state index contributed by atoms with van der Waals surface area (Å²) in [5.41, 5.74) is 4.02. The highest BCUT2D eigenvalue weighted by atomic mass is 35.5. The molecule has 3 aromatic rings. The fourth-order valence-electron chi connectivity index (χ4n) is 3.48. The Morgan fingerprint density at radius 3 is 2.81 bits per heavy atom. The van der Waals surface area contributed by atoms with E-state index in [4.69, 9.17) is 11.6 Å².